The van der Waals surface area contributed by atoms with E-state index in [0.717, 1.165) is 22.6 Å². The molecule has 0 bridgehead atoms. The maximum absolute atomic E-state index is 13.0. The number of para-hydroxylation sites is 1. The summed E-state index contributed by atoms with van der Waals surface area (Å²) in [4.78, 5) is 28.9. The Labute approximate surface area is 155 Å². The van der Waals surface area contributed by atoms with E-state index in [4.69, 9.17) is 0 Å². The van der Waals surface area contributed by atoms with E-state index < -0.39 is 0 Å². The van der Waals surface area contributed by atoms with Crippen molar-refractivity contribution in [2.75, 3.05) is 26.2 Å². The number of carbonyl (C=O) groups is 2. The Balaban J connectivity index is 1.77. The molecule has 0 radical (unpaired) electrons. The average molecular weight is 353 g/mol. The third-order valence-electron chi connectivity index (χ3n) is 5.05. The Morgan fingerprint density at radius 2 is 1.50 bits per heavy atom. The first kappa shape index (κ1) is 18.2. The molecule has 3 rings (SSSR count). The summed E-state index contributed by atoms with van der Waals surface area (Å²) in [5.41, 5.74) is 3.81. The Hall–Kier alpha value is -2.56. The van der Waals surface area contributed by atoms with Gasteiger partial charge in [-0.2, -0.15) is 0 Å². The number of hydrogen-bond donors (Lipinski definition) is 0. The number of aromatic nitrogens is 1. The molecule has 1 saturated heterocycles. The zero-order valence-corrected chi connectivity index (χ0v) is 16.0. The first-order valence-electron chi connectivity index (χ1n) is 9.22. The molecule has 0 aliphatic carbocycles. The van der Waals surface area contributed by atoms with Crippen molar-refractivity contribution in [2.24, 2.45) is 5.92 Å². The summed E-state index contributed by atoms with van der Waals surface area (Å²) in [6.45, 7) is 10.2. The van der Waals surface area contributed by atoms with Crippen molar-refractivity contribution >= 4 is 11.8 Å². The van der Waals surface area contributed by atoms with Gasteiger partial charge in [0.2, 0.25) is 5.91 Å². The summed E-state index contributed by atoms with van der Waals surface area (Å²) in [5, 5.41) is 0. The number of amides is 2. The van der Waals surface area contributed by atoms with Gasteiger partial charge in [-0.3, -0.25) is 9.59 Å². The number of aryl methyl sites for hydroxylation is 1. The van der Waals surface area contributed by atoms with Gasteiger partial charge in [0.15, 0.2) is 0 Å². The van der Waals surface area contributed by atoms with Gasteiger partial charge in [-0.15, -0.1) is 0 Å². The molecule has 0 saturated carbocycles. The van der Waals surface area contributed by atoms with Crippen LogP contribution in [0, 0.1) is 19.8 Å². The Morgan fingerprint density at radius 3 is 2.08 bits per heavy atom. The first-order valence-corrected chi connectivity index (χ1v) is 9.22. The molecule has 138 valence electrons. The normalized spacial score (nSPS) is 14.8. The lowest BCUT2D eigenvalue weighted by molar-refractivity contribution is -0.135. The number of benzene rings is 1. The van der Waals surface area contributed by atoms with E-state index in [1.54, 1.807) is 0 Å². The number of nitrogens with zero attached hydrogens (tertiary/aromatic N) is 3. The van der Waals surface area contributed by atoms with Crippen LogP contribution >= 0.6 is 0 Å². The summed E-state index contributed by atoms with van der Waals surface area (Å²) in [7, 11) is 0. The summed E-state index contributed by atoms with van der Waals surface area (Å²) in [5.74, 6) is 0.221. The van der Waals surface area contributed by atoms with Gasteiger partial charge in [-0.1, -0.05) is 32.0 Å². The largest absolute Gasteiger partial charge is 0.339 e. The van der Waals surface area contributed by atoms with Gasteiger partial charge in [0.1, 0.15) is 0 Å². The van der Waals surface area contributed by atoms with Crippen molar-refractivity contribution in [1.29, 1.82) is 0 Å². The standard InChI is InChI=1S/C21H27N3O2/c1-15(2)20(25)22-10-12-23(13-11-22)21(26)19-14-16(3)24(17(19)4)18-8-6-5-7-9-18/h5-9,14-15H,10-13H2,1-4H3. The molecule has 1 aliphatic heterocycles. The van der Waals surface area contributed by atoms with Crippen molar-refractivity contribution in [3.05, 3.63) is 53.3 Å². The topological polar surface area (TPSA) is 45.6 Å². The smallest absolute Gasteiger partial charge is 0.255 e. The maximum atomic E-state index is 13.0. The second kappa shape index (κ2) is 7.36. The number of carbonyl (C=O) groups excluding carboxylic acids is 2. The Bertz CT molecular complexity index is 800. The molecular formula is C21H27N3O2. The van der Waals surface area contributed by atoms with E-state index in [1.807, 2.05) is 73.9 Å². The highest BCUT2D eigenvalue weighted by Gasteiger charge is 2.27. The molecule has 1 aromatic heterocycles. The van der Waals surface area contributed by atoms with Gasteiger partial charge in [-0.25, -0.2) is 0 Å². The van der Waals surface area contributed by atoms with E-state index in [1.165, 1.54) is 0 Å². The van der Waals surface area contributed by atoms with Crippen molar-refractivity contribution in [3.8, 4) is 5.69 Å². The Morgan fingerprint density at radius 1 is 0.923 bits per heavy atom. The van der Waals surface area contributed by atoms with Crippen LogP contribution < -0.4 is 0 Å². The molecule has 0 spiro atoms. The maximum Gasteiger partial charge on any atom is 0.255 e. The van der Waals surface area contributed by atoms with Gasteiger partial charge in [-0.05, 0) is 32.0 Å². The summed E-state index contributed by atoms with van der Waals surface area (Å²) in [6, 6.07) is 12.1. The minimum Gasteiger partial charge on any atom is -0.339 e. The minimum atomic E-state index is 0.00190. The van der Waals surface area contributed by atoms with Crippen LogP contribution in [0.25, 0.3) is 5.69 Å². The third-order valence-corrected chi connectivity index (χ3v) is 5.05. The van der Waals surface area contributed by atoms with Gasteiger partial charge in [0, 0.05) is 49.2 Å². The number of hydrogen-bond acceptors (Lipinski definition) is 2. The van der Waals surface area contributed by atoms with Crippen molar-refractivity contribution in [1.82, 2.24) is 14.4 Å². The van der Waals surface area contributed by atoms with Crippen LogP contribution in [0.15, 0.2) is 36.4 Å². The molecule has 0 unspecified atom stereocenters. The highest BCUT2D eigenvalue weighted by molar-refractivity contribution is 5.96. The lowest BCUT2D eigenvalue weighted by atomic mass is 10.1. The molecule has 1 aromatic carbocycles. The molecule has 5 nitrogen and oxygen atoms in total. The fraction of sp³-hybridized carbons (Fsp3) is 0.429. The molecule has 1 fully saturated rings. The summed E-state index contributed by atoms with van der Waals surface area (Å²) in [6.07, 6.45) is 0. The molecule has 1 aliphatic rings. The second-order valence-electron chi connectivity index (χ2n) is 7.23. The molecule has 26 heavy (non-hydrogen) atoms. The van der Waals surface area contributed by atoms with Crippen molar-refractivity contribution in [2.45, 2.75) is 27.7 Å². The highest BCUT2D eigenvalue weighted by Crippen LogP contribution is 2.22. The van der Waals surface area contributed by atoms with Gasteiger partial charge in [0.25, 0.3) is 5.91 Å². The zero-order chi connectivity index (χ0) is 18.8. The van der Waals surface area contributed by atoms with Crippen LogP contribution in [-0.2, 0) is 4.79 Å². The molecule has 2 amide bonds. The van der Waals surface area contributed by atoms with E-state index in [-0.39, 0.29) is 17.7 Å². The van der Waals surface area contributed by atoms with E-state index in [9.17, 15) is 9.59 Å². The third kappa shape index (κ3) is 3.39. The van der Waals surface area contributed by atoms with Gasteiger partial charge < -0.3 is 14.4 Å². The number of rotatable bonds is 3. The van der Waals surface area contributed by atoms with Crippen molar-refractivity contribution < 1.29 is 9.59 Å². The average Bonchev–Trinajstić information content (AvgIpc) is 2.95. The quantitative estimate of drug-likeness (QED) is 0.851. The number of piperazine rings is 1. The van der Waals surface area contributed by atoms with Gasteiger partial charge >= 0.3 is 0 Å². The van der Waals surface area contributed by atoms with Crippen LogP contribution in [0.4, 0.5) is 0 Å². The second-order valence-corrected chi connectivity index (χ2v) is 7.23. The van der Waals surface area contributed by atoms with Crippen LogP contribution in [0.1, 0.15) is 35.6 Å². The van der Waals surface area contributed by atoms with Crippen molar-refractivity contribution in [3.63, 3.8) is 0 Å². The summed E-state index contributed by atoms with van der Waals surface area (Å²) >= 11 is 0. The van der Waals surface area contributed by atoms with Gasteiger partial charge in [0.05, 0.1) is 5.56 Å². The van der Waals surface area contributed by atoms with Crippen LogP contribution in [0.2, 0.25) is 0 Å². The minimum absolute atomic E-state index is 0.00190. The predicted molar refractivity (Wildman–Crippen MR) is 103 cm³/mol. The van der Waals surface area contributed by atoms with E-state index in [2.05, 4.69) is 4.57 Å². The lowest BCUT2D eigenvalue weighted by Gasteiger charge is -2.35. The van der Waals surface area contributed by atoms with Crippen LogP contribution in [0.5, 0.6) is 0 Å². The molecule has 0 atom stereocenters. The first-order chi connectivity index (χ1) is 12.4. The van der Waals surface area contributed by atoms with E-state index >= 15 is 0 Å². The molecule has 2 heterocycles. The highest BCUT2D eigenvalue weighted by atomic mass is 16.2. The monoisotopic (exact) mass is 353 g/mol. The van der Waals surface area contributed by atoms with E-state index in [0.29, 0.717) is 26.2 Å². The molecule has 0 N–H and O–H groups in total. The summed E-state index contributed by atoms with van der Waals surface area (Å²) < 4.78 is 2.12. The predicted octanol–water partition coefficient (Wildman–Crippen LogP) is 3.03. The fourth-order valence-electron chi connectivity index (χ4n) is 3.62. The van der Waals surface area contributed by atoms with Crippen LogP contribution in [0.3, 0.4) is 0 Å². The molecule has 5 heteroatoms. The lowest BCUT2D eigenvalue weighted by Crippen LogP contribution is -2.51. The molecular weight excluding hydrogens is 326 g/mol. The molecule has 2 aromatic rings. The van der Waals surface area contributed by atoms with Crippen LogP contribution in [-0.4, -0.2) is 52.4 Å². The SMILES string of the molecule is Cc1cc(C(=O)N2CCN(C(=O)C(C)C)CC2)c(C)n1-c1ccccc1. The Kier molecular flexibility index (Phi) is 5.16. The fourth-order valence-corrected chi connectivity index (χ4v) is 3.62. The zero-order valence-electron chi connectivity index (χ0n) is 16.0.